The molecule has 0 fully saturated rings. The monoisotopic (exact) mass is 322 g/mol. The lowest BCUT2D eigenvalue weighted by Gasteiger charge is -2.18. The van der Waals surface area contributed by atoms with Gasteiger partial charge in [0.2, 0.25) is 0 Å². The second-order valence-electron chi connectivity index (χ2n) is 4.69. The Labute approximate surface area is 134 Å². The molecule has 0 aliphatic rings. The van der Waals surface area contributed by atoms with E-state index in [2.05, 4.69) is 17.2 Å². The normalized spacial score (nSPS) is 12.0. The zero-order chi connectivity index (χ0) is 15.2. The molecule has 0 spiro atoms. The average molecular weight is 323 g/mol. The van der Waals surface area contributed by atoms with Crippen LogP contribution >= 0.6 is 23.2 Å². The summed E-state index contributed by atoms with van der Waals surface area (Å²) in [6.07, 6.45) is 1.80. The molecule has 1 aromatic heterocycles. The molecule has 0 bridgehead atoms. The highest BCUT2D eigenvalue weighted by molar-refractivity contribution is 6.34. The lowest BCUT2D eigenvalue weighted by atomic mass is 10.0. The number of nitrogens with zero attached hydrogens (tertiary/aromatic N) is 1. The summed E-state index contributed by atoms with van der Waals surface area (Å²) in [5, 5.41) is 3.51. The Hall–Kier alpha value is -1.58. The molecule has 5 heteroatoms. The number of halogens is 2. The first-order valence-corrected chi connectivity index (χ1v) is 7.55. The van der Waals surface area contributed by atoms with Crippen molar-refractivity contribution in [3.63, 3.8) is 0 Å². The minimum absolute atomic E-state index is 0.0689. The zero-order valence-corrected chi connectivity index (χ0v) is 13.2. The van der Waals surface area contributed by atoms with E-state index in [0.717, 1.165) is 18.4 Å². The highest BCUT2D eigenvalue weighted by atomic mass is 35.5. The summed E-state index contributed by atoms with van der Waals surface area (Å²) >= 11 is 11.8. The topological polar surface area (TPSA) is 42.0 Å². The molecule has 3 nitrogen and oxygen atoms in total. The summed E-state index contributed by atoms with van der Waals surface area (Å²) in [6.45, 7) is 2.08. The highest BCUT2D eigenvalue weighted by Gasteiger charge is 2.18. The highest BCUT2D eigenvalue weighted by Crippen LogP contribution is 2.21. The SMILES string of the molecule is CCCC(NC(=O)c1nc(Cl)ccc1Cl)c1ccccc1. The minimum Gasteiger partial charge on any atom is -0.344 e. The fraction of sp³-hybridized carbons (Fsp3) is 0.250. The van der Waals surface area contributed by atoms with Gasteiger partial charge in [0.05, 0.1) is 11.1 Å². The molecular formula is C16H16Cl2N2O. The smallest absolute Gasteiger partial charge is 0.271 e. The van der Waals surface area contributed by atoms with Gasteiger partial charge in [0, 0.05) is 0 Å². The van der Waals surface area contributed by atoms with E-state index in [0.29, 0.717) is 5.02 Å². The summed E-state index contributed by atoms with van der Waals surface area (Å²) in [6, 6.07) is 12.9. The van der Waals surface area contributed by atoms with Crippen molar-refractivity contribution >= 4 is 29.1 Å². The first-order chi connectivity index (χ1) is 10.1. The maximum absolute atomic E-state index is 12.4. The predicted molar refractivity (Wildman–Crippen MR) is 85.8 cm³/mol. The number of aromatic nitrogens is 1. The number of rotatable bonds is 5. The van der Waals surface area contributed by atoms with Crippen LogP contribution in [0.2, 0.25) is 10.2 Å². The molecule has 1 amide bonds. The van der Waals surface area contributed by atoms with Crippen LogP contribution in [0.15, 0.2) is 42.5 Å². The number of hydrogen-bond acceptors (Lipinski definition) is 2. The average Bonchev–Trinajstić information content (AvgIpc) is 2.50. The summed E-state index contributed by atoms with van der Waals surface area (Å²) in [5.74, 6) is -0.315. The summed E-state index contributed by atoms with van der Waals surface area (Å²) in [5.41, 5.74) is 1.21. The number of benzene rings is 1. The van der Waals surface area contributed by atoms with Gasteiger partial charge in [-0.05, 0) is 24.1 Å². The third-order valence-corrected chi connectivity index (χ3v) is 3.63. The fourth-order valence-corrected chi connectivity index (χ4v) is 2.44. The Morgan fingerprint density at radius 3 is 2.57 bits per heavy atom. The Morgan fingerprint density at radius 2 is 1.90 bits per heavy atom. The van der Waals surface area contributed by atoms with Gasteiger partial charge in [-0.3, -0.25) is 4.79 Å². The molecular weight excluding hydrogens is 307 g/mol. The molecule has 2 aromatic rings. The molecule has 1 aromatic carbocycles. The number of nitrogens with one attached hydrogen (secondary N) is 1. The third-order valence-electron chi connectivity index (χ3n) is 3.11. The Morgan fingerprint density at radius 1 is 1.19 bits per heavy atom. The van der Waals surface area contributed by atoms with Gasteiger partial charge in [-0.15, -0.1) is 0 Å². The van der Waals surface area contributed by atoms with Gasteiger partial charge in [0.25, 0.3) is 5.91 Å². The van der Waals surface area contributed by atoms with Crippen molar-refractivity contribution < 1.29 is 4.79 Å². The molecule has 0 aliphatic heterocycles. The predicted octanol–water partition coefficient (Wildman–Crippen LogP) is 4.66. The van der Waals surface area contributed by atoms with E-state index in [4.69, 9.17) is 23.2 Å². The summed E-state index contributed by atoms with van der Waals surface area (Å²) in [7, 11) is 0. The lowest BCUT2D eigenvalue weighted by molar-refractivity contribution is 0.0929. The van der Waals surface area contributed by atoms with Crippen molar-refractivity contribution in [3.8, 4) is 0 Å². The van der Waals surface area contributed by atoms with Crippen molar-refractivity contribution in [1.29, 1.82) is 0 Å². The Balaban J connectivity index is 2.20. The molecule has 2 rings (SSSR count). The molecule has 0 radical (unpaired) electrons. The maximum atomic E-state index is 12.4. The van der Waals surface area contributed by atoms with Crippen LogP contribution in [0.1, 0.15) is 41.9 Å². The van der Waals surface area contributed by atoms with Crippen molar-refractivity contribution in [2.75, 3.05) is 0 Å². The first-order valence-electron chi connectivity index (χ1n) is 6.79. The van der Waals surface area contributed by atoms with Gasteiger partial charge in [-0.25, -0.2) is 4.98 Å². The third kappa shape index (κ3) is 4.19. The largest absolute Gasteiger partial charge is 0.344 e. The van der Waals surface area contributed by atoms with Crippen LogP contribution in [0.3, 0.4) is 0 Å². The van der Waals surface area contributed by atoms with Gasteiger partial charge >= 0.3 is 0 Å². The first kappa shape index (κ1) is 15.8. The van der Waals surface area contributed by atoms with Crippen LogP contribution in [0.5, 0.6) is 0 Å². The van der Waals surface area contributed by atoms with Gasteiger partial charge in [-0.2, -0.15) is 0 Å². The van der Waals surface area contributed by atoms with E-state index < -0.39 is 0 Å². The summed E-state index contributed by atoms with van der Waals surface area (Å²) in [4.78, 5) is 16.4. The second kappa shape index (κ2) is 7.43. The van der Waals surface area contributed by atoms with Crippen LogP contribution < -0.4 is 5.32 Å². The van der Waals surface area contributed by atoms with Crippen LogP contribution in [0, 0.1) is 0 Å². The van der Waals surface area contributed by atoms with Crippen molar-refractivity contribution in [2.24, 2.45) is 0 Å². The Kier molecular flexibility index (Phi) is 5.59. The summed E-state index contributed by atoms with van der Waals surface area (Å²) < 4.78 is 0. The van der Waals surface area contributed by atoms with E-state index in [1.807, 2.05) is 30.3 Å². The van der Waals surface area contributed by atoms with Crippen LogP contribution in [-0.4, -0.2) is 10.9 Å². The number of carbonyl (C=O) groups excluding carboxylic acids is 1. The number of amides is 1. The lowest BCUT2D eigenvalue weighted by Crippen LogP contribution is -2.29. The van der Waals surface area contributed by atoms with Crippen LogP contribution in [0.25, 0.3) is 0 Å². The quantitative estimate of drug-likeness (QED) is 0.813. The maximum Gasteiger partial charge on any atom is 0.271 e. The van der Waals surface area contributed by atoms with Crippen molar-refractivity contribution in [3.05, 3.63) is 63.9 Å². The fourth-order valence-electron chi connectivity index (χ4n) is 2.10. The molecule has 0 saturated carbocycles. The molecule has 1 N–H and O–H groups in total. The minimum atomic E-state index is -0.315. The number of hydrogen-bond donors (Lipinski definition) is 1. The van der Waals surface area contributed by atoms with Crippen molar-refractivity contribution in [1.82, 2.24) is 10.3 Å². The molecule has 110 valence electrons. The van der Waals surface area contributed by atoms with Crippen LogP contribution in [0.4, 0.5) is 0 Å². The number of pyridine rings is 1. The van der Waals surface area contributed by atoms with E-state index in [1.54, 1.807) is 12.1 Å². The van der Waals surface area contributed by atoms with Gasteiger partial charge < -0.3 is 5.32 Å². The molecule has 21 heavy (non-hydrogen) atoms. The van der Waals surface area contributed by atoms with E-state index >= 15 is 0 Å². The molecule has 0 aliphatic carbocycles. The van der Waals surface area contributed by atoms with Gasteiger partial charge in [-0.1, -0.05) is 66.9 Å². The zero-order valence-electron chi connectivity index (χ0n) is 11.6. The van der Waals surface area contributed by atoms with Crippen molar-refractivity contribution in [2.45, 2.75) is 25.8 Å². The molecule has 1 unspecified atom stereocenters. The van der Waals surface area contributed by atoms with E-state index in [-0.39, 0.29) is 22.8 Å². The molecule has 1 atom stereocenters. The van der Waals surface area contributed by atoms with Gasteiger partial charge in [0.15, 0.2) is 0 Å². The standard InChI is InChI=1S/C16H16Cl2N2O/c1-2-6-13(11-7-4-3-5-8-11)19-16(21)15-12(17)9-10-14(18)20-15/h3-5,7-10,13H,2,6H2,1H3,(H,19,21). The van der Waals surface area contributed by atoms with Crippen LogP contribution in [-0.2, 0) is 0 Å². The molecule has 0 saturated heterocycles. The van der Waals surface area contributed by atoms with Gasteiger partial charge in [0.1, 0.15) is 10.8 Å². The molecule has 1 heterocycles. The van der Waals surface area contributed by atoms with E-state index in [1.165, 1.54) is 0 Å². The van der Waals surface area contributed by atoms with E-state index in [9.17, 15) is 4.79 Å². The number of carbonyl (C=O) groups is 1. The second-order valence-corrected chi connectivity index (χ2v) is 5.48. The Bertz CT molecular complexity index is 617.